The summed E-state index contributed by atoms with van der Waals surface area (Å²) in [6.45, 7) is 2.75. The maximum Gasteiger partial charge on any atom is 0.0762 e. The highest BCUT2D eigenvalue weighted by molar-refractivity contribution is 4.99. The van der Waals surface area contributed by atoms with Crippen LogP contribution >= 0.6 is 0 Å². The van der Waals surface area contributed by atoms with E-state index in [1.54, 1.807) is 0 Å². The Morgan fingerprint density at radius 1 is 1.15 bits per heavy atom. The fraction of sp³-hybridized carbons (Fsp3) is 0.812. The minimum atomic E-state index is 0.407. The zero-order valence-electron chi connectivity index (χ0n) is 12.4. The lowest BCUT2D eigenvalue weighted by Gasteiger charge is -2.22. The quantitative estimate of drug-likeness (QED) is 0.899. The number of ether oxygens (including phenoxy) is 1. The van der Waals surface area contributed by atoms with E-state index in [1.165, 1.54) is 51.4 Å². The fourth-order valence-electron chi connectivity index (χ4n) is 3.35. The second-order valence-electron chi connectivity index (χ2n) is 6.20. The summed E-state index contributed by atoms with van der Waals surface area (Å²) >= 11 is 0. The molecule has 0 spiro atoms. The standard InChI is InChI=1S/C16H27N3O/c1-2-6-15(7-3-1)19-10-9-14(18-19)12-17-13-16-8-4-5-11-20-16/h9-10,15-17H,1-8,11-13H2. The van der Waals surface area contributed by atoms with Crippen LogP contribution in [0.3, 0.4) is 0 Å². The zero-order valence-corrected chi connectivity index (χ0v) is 12.4. The van der Waals surface area contributed by atoms with Crippen LogP contribution in [0.5, 0.6) is 0 Å². The maximum absolute atomic E-state index is 5.73. The van der Waals surface area contributed by atoms with Crippen LogP contribution in [0.25, 0.3) is 0 Å². The van der Waals surface area contributed by atoms with E-state index in [9.17, 15) is 0 Å². The van der Waals surface area contributed by atoms with E-state index < -0.39 is 0 Å². The van der Waals surface area contributed by atoms with Gasteiger partial charge in [0.05, 0.1) is 17.8 Å². The lowest BCUT2D eigenvalue weighted by molar-refractivity contribution is 0.0167. The van der Waals surface area contributed by atoms with Crippen LogP contribution in [0.2, 0.25) is 0 Å². The van der Waals surface area contributed by atoms with Crippen molar-refractivity contribution in [2.45, 2.75) is 70.1 Å². The Labute approximate surface area is 121 Å². The van der Waals surface area contributed by atoms with Gasteiger partial charge in [0.15, 0.2) is 0 Å². The molecule has 20 heavy (non-hydrogen) atoms. The highest BCUT2D eigenvalue weighted by atomic mass is 16.5. The summed E-state index contributed by atoms with van der Waals surface area (Å²) in [5.74, 6) is 0. The highest BCUT2D eigenvalue weighted by Crippen LogP contribution is 2.27. The van der Waals surface area contributed by atoms with Gasteiger partial charge in [-0.2, -0.15) is 5.10 Å². The maximum atomic E-state index is 5.73. The van der Waals surface area contributed by atoms with Crippen molar-refractivity contribution < 1.29 is 4.74 Å². The number of nitrogens with one attached hydrogen (secondary N) is 1. The van der Waals surface area contributed by atoms with Crippen molar-refractivity contribution in [1.29, 1.82) is 0 Å². The van der Waals surface area contributed by atoms with E-state index in [0.29, 0.717) is 12.1 Å². The van der Waals surface area contributed by atoms with Crippen molar-refractivity contribution in [3.63, 3.8) is 0 Å². The molecule has 3 rings (SSSR count). The Morgan fingerprint density at radius 3 is 2.80 bits per heavy atom. The minimum Gasteiger partial charge on any atom is -0.377 e. The first-order valence-electron chi connectivity index (χ1n) is 8.28. The third-order valence-electron chi connectivity index (χ3n) is 4.56. The molecule has 2 aliphatic rings. The largest absolute Gasteiger partial charge is 0.377 e. The molecule has 4 heteroatoms. The molecule has 1 N–H and O–H groups in total. The van der Waals surface area contributed by atoms with Gasteiger partial charge in [0.1, 0.15) is 0 Å². The Morgan fingerprint density at radius 2 is 2.00 bits per heavy atom. The molecule has 1 aliphatic carbocycles. The van der Waals surface area contributed by atoms with Crippen molar-refractivity contribution >= 4 is 0 Å². The van der Waals surface area contributed by atoms with Gasteiger partial charge in [-0.05, 0) is 38.2 Å². The van der Waals surface area contributed by atoms with Crippen molar-refractivity contribution in [2.24, 2.45) is 0 Å². The van der Waals surface area contributed by atoms with Crippen LogP contribution in [0.15, 0.2) is 12.3 Å². The van der Waals surface area contributed by atoms with E-state index in [1.807, 2.05) is 0 Å². The van der Waals surface area contributed by atoms with Gasteiger partial charge in [-0.25, -0.2) is 0 Å². The van der Waals surface area contributed by atoms with Gasteiger partial charge in [-0.15, -0.1) is 0 Å². The topological polar surface area (TPSA) is 39.1 Å². The van der Waals surface area contributed by atoms with Crippen LogP contribution in [0.1, 0.15) is 63.1 Å². The van der Waals surface area contributed by atoms with Crippen molar-refractivity contribution in [2.75, 3.05) is 13.2 Å². The first kappa shape index (κ1) is 14.1. The Kier molecular flexibility index (Phi) is 5.09. The molecule has 0 amide bonds. The predicted octanol–water partition coefficient (Wildman–Crippen LogP) is 3.05. The van der Waals surface area contributed by atoms with E-state index in [-0.39, 0.29) is 0 Å². The average molecular weight is 277 g/mol. The van der Waals surface area contributed by atoms with E-state index in [0.717, 1.165) is 25.4 Å². The molecule has 2 heterocycles. The average Bonchev–Trinajstić information content (AvgIpc) is 2.98. The van der Waals surface area contributed by atoms with Gasteiger partial charge in [-0.3, -0.25) is 4.68 Å². The van der Waals surface area contributed by atoms with E-state index in [4.69, 9.17) is 9.84 Å². The molecule has 0 bridgehead atoms. The van der Waals surface area contributed by atoms with Crippen molar-refractivity contribution in [1.82, 2.24) is 15.1 Å². The zero-order chi connectivity index (χ0) is 13.6. The molecule has 1 saturated heterocycles. The molecule has 112 valence electrons. The Hall–Kier alpha value is -0.870. The number of aromatic nitrogens is 2. The summed E-state index contributed by atoms with van der Waals surface area (Å²) in [5.41, 5.74) is 1.16. The van der Waals surface area contributed by atoms with Gasteiger partial charge < -0.3 is 10.1 Å². The summed E-state index contributed by atoms with van der Waals surface area (Å²) in [7, 11) is 0. The Balaban J connectivity index is 1.42. The molecular weight excluding hydrogens is 250 g/mol. The summed E-state index contributed by atoms with van der Waals surface area (Å²) < 4.78 is 7.92. The van der Waals surface area contributed by atoms with Gasteiger partial charge in [-0.1, -0.05) is 19.3 Å². The summed E-state index contributed by atoms with van der Waals surface area (Å²) in [5, 5.41) is 8.22. The van der Waals surface area contributed by atoms with Gasteiger partial charge in [0, 0.05) is 25.9 Å². The van der Waals surface area contributed by atoms with Crippen molar-refractivity contribution in [3.8, 4) is 0 Å². The number of rotatable bonds is 5. The molecule has 2 fully saturated rings. The van der Waals surface area contributed by atoms with Gasteiger partial charge in [0.2, 0.25) is 0 Å². The first-order valence-corrected chi connectivity index (χ1v) is 8.28. The second kappa shape index (κ2) is 7.23. The third-order valence-corrected chi connectivity index (χ3v) is 4.56. The molecular formula is C16H27N3O. The Bertz CT molecular complexity index is 392. The first-order chi connectivity index (χ1) is 9.92. The molecule has 4 nitrogen and oxygen atoms in total. The van der Waals surface area contributed by atoms with Crippen molar-refractivity contribution in [3.05, 3.63) is 18.0 Å². The summed E-state index contributed by atoms with van der Waals surface area (Å²) in [4.78, 5) is 0. The van der Waals surface area contributed by atoms with Crippen LogP contribution in [-0.2, 0) is 11.3 Å². The fourth-order valence-corrected chi connectivity index (χ4v) is 3.35. The van der Waals surface area contributed by atoms with E-state index in [2.05, 4.69) is 22.3 Å². The number of hydrogen-bond donors (Lipinski definition) is 1. The highest BCUT2D eigenvalue weighted by Gasteiger charge is 2.16. The normalized spacial score (nSPS) is 24.9. The SMILES string of the molecule is c1cn(C2CCCCC2)nc1CNCC1CCCCO1. The summed E-state index contributed by atoms with van der Waals surface area (Å²) in [6.07, 6.45) is 13.0. The molecule has 1 saturated carbocycles. The van der Waals surface area contributed by atoms with E-state index >= 15 is 0 Å². The number of hydrogen-bond acceptors (Lipinski definition) is 3. The summed E-state index contributed by atoms with van der Waals surface area (Å²) in [6, 6.07) is 2.79. The molecule has 0 radical (unpaired) electrons. The third kappa shape index (κ3) is 3.83. The van der Waals surface area contributed by atoms with Crippen LogP contribution < -0.4 is 5.32 Å². The predicted molar refractivity (Wildman–Crippen MR) is 79.6 cm³/mol. The molecule has 1 aromatic rings. The second-order valence-corrected chi connectivity index (χ2v) is 6.20. The number of nitrogens with zero attached hydrogens (tertiary/aromatic N) is 2. The minimum absolute atomic E-state index is 0.407. The smallest absolute Gasteiger partial charge is 0.0762 e. The van der Waals surface area contributed by atoms with Crippen LogP contribution in [-0.4, -0.2) is 29.0 Å². The molecule has 1 aliphatic heterocycles. The molecule has 1 unspecified atom stereocenters. The molecule has 0 aromatic carbocycles. The molecule has 1 atom stereocenters. The lowest BCUT2D eigenvalue weighted by Crippen LogP contribution is -2.31. The monoisotopic (exact) mass is 277 g/mol. The van der Waals surface area contributed by atoms with Crippen LogP contribution in [0, 0.1) is 0 Å². The van der Waals surface area contributed by atoms with Crippen LogP contribution in [0.4, 0.5) is 0 Å². The lowest BCUT2D eigenvalue weighted by atomic mass is 9.96. The molecule has 1 aromatic heterocycles. The van der Waals surface area contributed by atoms with Gasteiger partial charge in [0.25, 0.3) is 0 Å². The van der Waals surface area contributed by atoms with Gasteiger partial charge >= 0.3 is 0 Å².